The number of hydrogen-bond donors (Lipinski definition) is 0. The number of halogens is 2. The minimum absolute atomic E-state index is 0.0125. The second-order valence-corrected chi connectivity index (χ2v) is 33.4. The van der Waals surface area contributed by atoms with Crippen LogP contribution in [0.3, 0.4) is 0 Å². The predicted octanol–water partition coefficient (Wildman–Crippen LogP) is 22.6. The Labute approximate surface area is 555 Å². The van der Waals surface area contributed by atoms with E-state index < -0.39 is 0 Å². The van der Waals surface area contributed by atoms with Crippen molar-refractivity contribution in [3.63, 3.8) is 0 Å². The van der Waals surface area contributed by atoms with Crippen LogP contribution in [-0.2, 0) is 23.9 Å². The molecular formula is C81H119BrFN7. The van der Waals surface area contributed by atoms with E-state index in [4.69, 9.17) is 0 Å². The first-order valence-electron chi connectivity index (χ1n) is 34.9. The standard InChI is InChI=1S/C17H27N.C17H25N.C16H22BrFN2.C16H24N2.C15H21N/c1-12-8-9-14-13(2)11-17(6,7)18(15(14)10-12)16(3,4)5;1-5-6-7-11-15-13-14-10-8-9-12-16(14)18(15)17(2,3)4;1-16(2,3)20-10-11-6-4-5-7-19(11)14-8-12(17)13(18)9-15(14)20;1-16(2,3)18-12-13-8-6-7-11-17(13)14-9-4-5-10-15(14)18;1-5-8-13-11-12-9-6-7-10-14(12)16(13)15(2,3)4/h8-10,13H,11H2,1-7H3;8-10,12-13H,5-7,11H2,1-4H3;8-9,11H,4-7,10H2,1-3H3;4-5,9-10,13H,6-8,11-12H2,1-3H3;6-7,9-11H,5,8H2,1-4H3. The third kappa shape index (κ3) is 16.3. The molecule has 2 fully saturated rings. The monoisotopic (exact) mass is 1290 g/mol. The number of unbranched alkanes of at least 4 members (excludes halogenated alkanes) is 2. The number of para-hydroxylation sites is 4. The van der Waals surface area contributed by atoms with Gasteiger partial charge in [-0.05, 0) is 281 Å². The maximum Gasteiger partial charge on any atom is 0.139 e. The molecule has 5 aliphatic heterocycles. The SMILES string of the molecule is CC(C)(C)N1CC2CCCCN2c2cc(Br)c(F)cc21.CC(C)(C)N1CC2CCCCN2c2ccccc21.CCCCCc1cc2ccccc2n1C(C)(C)C.CCCc1cc2ccccc2n1C(C)(C)C.Cc1ccc2c(c1)N(C(C)(C)C)C(C)(C)CC2C. The van der Waals surface area contributed by atoms with Gasteiger partial charge in [-0.1, -0.05) is 101 Å². The van der Waals surface area contributed by atoms with Gasteiger partial charge < -0.3 is 33.6 Å². The number of rotatable bonds is 6. The summed E-state index contributed by atoms with van der Waals surface area (Å²) in [6.45, 7) is 52.5. The predicted molar refractivity (Wildman–Crippen MR) is 396 cm³/mol. The van der Waals surface area contributed by atoms with Crippen LogP contribution in [0.4, 0.5) is 32.8 Å². The highest BCUT2D eigenvalue weighted by Gasteiger charge is 2.42. The van der Waals surface area contributed by atoms with Crippen molar-refractivity contribution < 1.29 is 4.39 Å². The zero-order valence-corrected chi connectivity index (χ0v) is 61.7. The zero-order chi connectivity index (χ0) is 65.9. The van der Waals surface area contributed by atoms with E-state index in [1.807, 2.05) is 6.07 Å². The van der Waals surface area contributed by atoms with E-state index in [1.165, 1.54) is 157 Å². The van der Waals surface area contributed by atoms with Crippen molar-refractivity contribution in [2.45, 2.75) is 280 Å². The molecule has 0 N–H and O–H groups in total. The summed E-state index contributed by atoms with van der Waals surface area (Å²) in [7, 11) is 0. The number of fused-ring (bicyclic) bond motifs is 9. The molecule has 7 nitrogen and oxygen atoms in total. The van der Waals surface area contributed by atoms with Gasteiger partial charge in [0.25, 0.3) is 0 Å². The third-order valence-electron chi connectivity index (χ3n) is 19.3. The molecule has 2 aromatic heterocycles. The van der Waals surface area contributed by atoms with E-state index in [-0.39, 0.29) is 39.1 Å². The van der Waals surface area contributed by atoms with Gasteiger partial charge in [-0.25, -0.2) is 4.39 Å². The van der Waals surface area contributed by atoms with E-state index in [0.29, 0.717) is 22.5 Å². The zero-order valence-electron chi connectivity index (χ0n) is 60.1. The lowest BCUT2D eigenvalue weighted by molar-refractivity contribution is 0.307. The smallest absolute Gasteiger partial charge is 0.139 e. The molecule has 7 aromatic rings. The van der Waals surface area contributed by atoms with Gasteiger partial charge in [0.1, 0.15) is 5.82 Å². The topological polar surface area (TPSA) is 26.1 Å². The van der Waals surface area contributed by atoms with Gasteiger partial charge in [-0.2, -0.15) is 0 Å². The molecule has 5 aliphatic rings. The van der Waals surface area contributed by atoms with Crippen molar-refractivity contribution in [2.24, 2.45) is 0 Å². The minimum atomic E-state index is -0.173. The summed E-state index contributed by atoms with van der Waals surface area (Å²) in [6.07, 6.45) is 16.5. The first-order chi connectivity index (χ1) is 42.1. The Bertz CT molecular complexity index is 3480. The third-order valence-corrected chi connectivity index (χ3v) is 19.9. The van der Waals surface area contributed by atoms with Crippen molar-refractivity contribution in [2.75, 3.05) is 50.7 Å². The van der Waals surface area contributed by atoms with E-state index >= 15 is 0 Å². The van der Waals surface area contributed by atoms with Crippen molar-refractivity contribution in [1.82, 2.24) is 9.13 Å². The summed E-state index contributed by atoms with van der Waals surface area (Å²) in [5.74, 6) is 0.475. The number of piperidine rings is 2. The van der Waals surface area contributed by atoms with Gasteiger partial charge in [-0.15, -0.1) is 0 Å². The molecule has 3 atom stereocenters. The number of hydrogen-bond acceptors (Lipinski definition) is 5. The van der Waals surface area contributed by atoms with Gasteiger partial charge in [0.15, 0.2) is 0 Å². The molecule has 5 aromatic carbocycles. The summed E-state index contributed by atoms with van der Waals surface area (Å²) in [4.78, 5) is 12.7. The Balaban J connectivity index is 0.000000145. The van der Waals surface area contributed by atoms with Crippen LogP contribution < -0.4 is 24.5 Å². The van der Waals surface area contributed by atoms with Crippen LogP contribution in [0, 0.1) is 12.7 Å². The second-order valence-electron chi connectivity index (χ2n) is 32.6. The molecule has 0 saturated carbocycles. The average Bonchev–Trinajstić information content (AvgIpc) is 1.13. The van der Waals surface area contributed by atoms with Crippen molar-refractivity contribution in [3.8, 4) is 0 Å². The largest absolute Gasteiger partial charge is 0.365 e. The summed E-state index contributed by atoms with van der Waals surface area (Å²) < 4.78 is 19.6. The second kappa shape index (κ2) is 28.4. The molecule has 492 valence electrons. The van der Waals surface area contributed by atoms with Gasteiger partial charge >= 0.3 is 0 Å². The maximum absolute atomic E-state index is 14.0. The Morgan fingerprint density at radius 2 is 0.989 bits per heavy atom. The first-order valence-corrected chi connectivity index (χ1v) is 35.7. The quantitative estimate of drug-likeness (QED) is 0.155. The lowest BCUT2D eigenvalue weighted by atomic mass is 9.77. The van der Waals surface area contributed by atoms with Gasteiger partial charge in [-0.3, -0.25) is 0 Å². The van der Waals surface area contributed by atoms with E-state index in [9.17, 15) is 4.39 Å². The summed E-state index contributed by atoms with van der Waals surface area (Å²) in [6, 6.07) is 42.9. The Kier molecular flexibility index (Phi) is 22.3. The molecule has 12 rings (SSSR count). The molecule has 0 spiro atoms. The summed E-state index contributed by atoms with van der Waals surface area (Å²) in [5, 5.41) is 2.74. The number of nitrogens with zero attached hydrogens (tertiary/aromatic N) is 7. The fourth-order valence-electron chi connectivity index (χ4n) is 15.8. The summed E-state index contributed by atoms with van der Waals surface area (Å²) in [5.41, 5.74) is 16.0. The van der Waals surface area contributed by atoms with Crippen LogP contribution in [-0.4, -0.2) is 69.6 Å². The van der Waals surface area contributed by atoms with E-state index in [2.05, 4.69) is 298 Å². The number of anilines is 5. The van der Waals surface area contributed by atoms with Crippen molar-refractivity contribution >= 4 is 66.2 Å². The Hall–Kier alpha value is -5.41. The van der Waals surface area contributed by atoms with E-state index in [0.717, 1.165) is 25.2 Å². The Morgan fingerprint density at radius 1 is 0.500 bits per heavy atom. The highest BCUT2D eigenvalue weighted by molar-refractivity contribution is 9.10. The first kappa shape index (κ1) is 70.5. The van der Waals surface area contributed by atoms with Crippen LogP contribution >= 0.6 is 15.9 Å². The normalized spacial score (nSPS) is 18.9. The lowest BCUT2D eigenvalue weighted by Crippen LogP contribution is -2.57. The molecular weight excluding hydrogens is 1170 g/mol. The Morgan fingerprint density at radius 3 is 1.49 bits per heavy atom. The number of benzene rings is 5. The highest BCUT2D eigenvalue weighted by Crippen LogP contribution is 2.48. The van der Waals surface area contributed by atoms with Gasteiger partial charge in [0, 0.05) is 106 Å². The molecule has 90 heavy (non-hydrogen) atoms. The van der Waals surface area contributed by atoms with Crippen LogP contribution in [0.1, 0.15) is 238 Å². The highest BCUT2D eigenvalue weighted by atomic mass is 79.9. The molecule has 0 radical (unpaired) electrons. The van der Waals surface area contributed by atoms with Crippen LogP contribution in [0.25, 0.3) is 21.8 Å². The maximum atomic E-state index is 14.0. The van der Waals surface area contributed by atoms with E-state index in [1.54, 1.807) is 6.07 Å². The molecule has 2 saturated heterocycles. The average molecular weight is 1290 g/mol. The van der Waals surface area contributed by atoms with Crippen molar-refractivity contribution in [1.29, 1.82) is 0 Å². The molecule has 0 amide bonds. The molecule has 7 heterocycles. The molecule has 0 bridgehead atoms. The van der Waals surface area contributed by atoms with Gasteiger partial charge in [0.2, 0.25) is 0 Å². The minimum Gasteiger partial charge on any atom is -0.365 e. The van der Waals surface area contributed by atoms with Crippen LogP contribution in [0.15, 0.2) is 120 Å². The van der Waals surface area contributed by atoms with Crippen molar-refractivity contribution in [3.05, 3.63) is 148 Å². The molecule has 3 unspecified atom stereocenters. The molecule has 0 aliphatic carbocycles. The fourth-order valence-corrected chi connectivity index (χ4v) is 16.1. The number of aromatic nitrogens is 2. The molecule has 9 heteroatoms. The van der Waals surface area contributed by atoms with Crippen LogP contribution in [0.2, 0.25) is 0 Å². The van der Waals surface area contributed by atoms with Gasteiger partial charge in [0.05, 0.1) is 27.2 Å². The summed E-state index contributed by atoms with van der Waals surface area (Å²) >= 11 is 3.34. The lowest BCUT2D eigenvalue weighted by Gasteiger charge is -2.54. The number of aryl methyl sites for hydroxylation is 3. The van der Waals surface area contributed by atoms with Crippen LogP contribution in [0.5, 0.6) is 0 Å². The fraction of sp³-hybridized carbons (Fsp3) is 0.580.